The number of nitrogens with zero attached hydrogens (tertiary/aromatic N) is 1. The molecule has 21 heavy (non-hydrogen) atoms. The maximum atomic E-state index is 12.3. The summed E-state index contributed by atoms with van der Waals surface area (Å²) in [6.07, 6.45) is 2.17. The number of likely N-dealkylation sites (tertiary alicyclic amines) is 1. The van der Waals surface area contributed by atoms with Crippen molar-refractivity contribution in [2.45, 2.75) is 25.8 Å². The Labute approximate surface area is 123 Å². The highest BCUT2D eigenvalue weighted by molar-refractivity contribution is 5.96. The Bertz CT molecular complexity index is 567. The second kappa shape index (κ2) is 5.63. The summed E-state index contributed by atoms with van der Waals surface area (Å²) in [5.41, 5.74) is 1.43. The lowest BCUT2D eigenvalue weighted by atomic mass is 10.2. The summed E-state index contributed by atoms with van der Waals surface area (Å²) in [4.78, 5) is 25.5. The number of benzene rings is 1. The van der Waals surface area contributed by atoms with E-state index in [0.29, 0.717) is 11.4 Å². The Kier molecular flexibility index (Phi) is 3.68. The van der Waals surface area contributed by atoms with Gasteiger partial charge in [0.25, 0.3) is 5.91 Å². The first-order valence-electron chi connectivity index (χ1n) is 7.25. The van der Waals surface area contributed by atoms with E-state index in [-0.39, 0.29) is 24.5 Å². The second-order valence-electron chi connectivity index (χ2n) is 5.45. The summed E-state index contributed by atoms with van der Waals surface area (Å²) in [6.45, 7) is 3.59. The molecule has 3 rings (SSSR count). The minimum atomic E-state index is -0.290. The molecule has 6 heteroatoms. The maximum Gasteiger partial charge on any atom is 0.262 e. The number of hydrogen-bond acceptors (Lipinski definition) is 4. The van der Waals surface area contributed by atoms with Crippen LogP contribution in [0.25, 0.3) is 0 Å². The summed E-state index contributed by atoms with van der Waals surface area (Å²) in [5, 5.41) is 5.94. The number of anilines is 2. The van der Waals surface area contributed by atoms with Gasteiger partial charge in [-0.2, -0.15) is 0 Å². The second-order valence-corrected chi connectivity index (χ2v) is 5.45. The third-order valence-corrected chi connectivity index (χ3v) is 3.78. The van der Waals surface area contributed by atoms with Crippen LogP contribution in [0.3, 0.4) is 0 Å². The predicted molar refractivity (Wildman–Crippen MR) is 79.5 cm³/mol. The number of hydrogen-bond donors (Lipinski definition) is 2. The molecule has 0 unspecified atom stereocenters. The molecule has 6 nitrogen and oxygen atoms in total. The summed E-state index contributed by atoms with van der Waals surface area (Å²) in [6, 6.07) is 5.15. The van der Waals surface area contributed by atoms with Crippen LogP contribution < -0.4 is 15.4 Å². The van der Waals surface area contributed by atoms with Gasteiger partial charge < -0.3 is 20.3 Å². The first kappa shape index (κ1) is 13.7. The van der Waals surface area contributed by atoms with Gasteiger partial charge in [-0.3, -0.25) is 9.59 Å². The molecule has 0 saturated carbocycles. The van der Waals surface area contributed by atoms with Crippen molar-refractivity contribution in [3.8, 4) is 5.75 Å². The Morgan fingerprint density at radius 1 is 1.38 bits per heavy atom. The molecule has 2 amide bonds. The van der Waals surface area contributed by atoms with Gasteiger partial charge in [0.2, 0.25) is 5.91 Å². The van der Waals surface area contributed by atoms with E-state index in [4.69, 9.17) is 4.74 Å². The molecular formula is C15H19N3O3. The third kappa shape index (κ3) is 2.94. The number of rotatable bonds is 3. The van der Waals surface area contributed by atoms with Crippen molar-refractivity contribution in [1.29, 1.82) is 0 Å². The van der Waals surface area contributed by atoms with Gasteiger partial charge in [0.05, 0.1) is 5.69 Å². The number of nitrogens with one attached hydrogen (secondary N) is 2. The molecule has 2 heterocycles. The highest BCUT2D eigenvalue weighted by atomic mass is 16.5. The van der Waals surface area contributed by atoms with E-state index in [0.717, 1.165) is 31.6 Å². The largest absolute Gasteiger partial charge is 0.482 e. The zero-order chi connectivity index (χ0) is 14.8. The standard InChI is InChI=1S/C15H19N3O3/c1-10(15(20)18-6-2-3-7-18)16-11-4-5-13-12(8-11)17-14(19)9-21-13/h4-5,8,10,16H,2-3,6-7,9H2,1H3,(H,17,19)/t10-/m0/s1. The van der Waals surface area contributed by atoms with Crippen LogP contribution in [0.1, 0.15) is 19.8 Å². The molecule has 1 atom stereocenters. The quantitative estimate of drug-likeness (QED) is 0.883. The fourth-order valence-corrected chi connectivity index (χ4v) is 2.70. The molecule has 1 aromatic rings. The first-order valence-corrected chi connectivity index (χ1v) is 7.25. The van der Waals surface area contributed by atoms with Crippen LogP contribution in [0.2, 0.25) is 0 Å². The SMILES string of the molecule is C[C@H](Nc1ccc2c(c1)NC(=O)CO2)C(=O)N1CCCC1. The van der Waals surface area contributed by atoms with E-state index in [1.54, 1.807) is 12.1 Å². The fourth-order valence-electron chi connectivity index (χ4n) is 2.70. The molecule has 2 aliphatic rings. The average molecular weight is 289 g/mol. The molecule has 2 aliphatic heterocycles. The molecule has 0 spiro atoms. The Morgan fingerprint density at radius 3 is 2.90 bits per heavy atom. The molecule has 2 N–H and O–H groups in total. The lowest BCUT2D eigenvalue weighted by Gasteiger charge is -2.23. The Morgan fingerprint density at radius 2 is 2.14 bits per heavy atom. The van der Waals surface area contributed by atoms with Crippen molar-refractivity contribution in [3.05, 3.63) is 18.2 Å². The van der Waals surface area contributed by atoms with Crippen LogP contribution >= 0.6 is 0 Å². The zero-order valence-electron chi connectivity index (χ0n) is 12.0. The molecule has 112 valence electrons. The van der Waals surface area contributed by atoms with E-state index in [1.165, 1.54) is 0 Å². The lowest BCUT2D eigenvalue weighted by Crippen LogP contribution is -2.39. The van der Waals surface area contributed by atoms with Crippen LogP contribution in [-0.4, -0.2) is 42.5 Å². The molecule has 1 saturated heterocycles. The van der Waals surface area contributed by atoms with Gasteiger partial charge in [0.15, 0.2) is 6.61 Å². The predicted octanol–water partition coefficient (Wildman–Crippen LogP) is 1.44. The van der Waals surface area contributed by atoms with Gasteiger partial charge in [0, 0.05) is 18.8 Å². The zero-order valence-corrected chi connectivity index (χ0v) is 12.0. The molecule has 1 fully saturated rings. The van der Waals surface area contributed by atoms with Crippen LogP contribution in [0, 0.1) is 0 Å². The summed E-state index contributed by atoms with van der Waals surface area (Å²) in [7, 11) is 0. The van der Waals surface area contributed by atoms with E-state index < -0.39 is 0 Å². The Balaban J connectivity index is 1.68. The number of amides is 2. The molecular weight excluding hydrogens is 270 g/mol. The van der Waals surface area contributed by atoms with Crippen LogP contribution in [0.15, 0.2) is 18.2 Å². The normalized spacial score (nSPS) is 18.5. The fraction of sp³-hybridized carbons (Fsp3) is 0.467. The molecule has 1 aromatic carbocycles. The van der Waals surface area contributed by atoms with Crippen LogP contribution in [0.4, 0.5) is 11.4 Å². The summed E-state index contributed by atoms with van der Waals surface area (Å²) in [5.74, 6) is 0.602. The van der Waals surface area contributed by atoms with Crippen molar-refractivity contribution in [2.75, 3.05) is 30.3 Å². The van der Waals surface area contributed by atoms with E-state index in [2.05, 4.69) is 10.6 Å². The highest BCUT2D eigenvalue weighted by Crippen LogP contribution is 2.30. The minimum Gasteiger partial charge on any atom is -0.482 e. The summed E-state index contributed by atoms with van der Waals surface area (Å²) < 4.78 is 5.31. The van der Waals surface area contributed by atoms with Crippen molar-refractivity contribution in [1.82, 2.24) is 4.90 Å². The minimum absolute atomic E-state index is 0.0453. The van der Waals surface area contributed by atoms with Crippen LogP contribution in [-0.2, 0) is 9.59 Å². The number of fused-ring (bicyclic) bond motifs is 1. The van der Waals surface area contributed by atoms with Crippen molar-refractivity contribution in [3.63, 3.8) is 0 Å². The van der Waals surface area contributed by atoms with Crippen molar-refractivity contribution >= 4 is 23.2 Å². The van der Waals surface area contributed by atoms with E-state index in [9.17, 15) is 9.59 Å². The molecule has 0 bridgehead atoms. The highest BCUT2D eigenvalue weighted by Gasteiger charge is 2.23. The van der Waals surface area contributed by atoms with Gasteiger partial charge >= 0.3 is 0 Å². The van der Waals surface area contributed by atoms with Gasteiger partial charge in [-0.15, -0.1) is 0 Å². The Hall–Kier alpha value is -2.24. The molecule has 0 radical (unpaired) electrons. The monoisotopic (exact) mass is 289 g/mol. The first-order chi connectivity index (χ1) is 10.1. The van der Waals surface area contributed by atoms with Crippen LogP contribution in [0.5, 0.6) is 5.75 Å². The van der Waals surface area contributed by atoms with Crippen molar-refractivity contribution < 1.29 is 14.3 Å². The van der Waals surface area contributed by atoms with E-state index in [1.807, 2.05) is 17.9 Å². The van der Waals surface area contributed by atoms with Gasteiger partial charge in [-0.1, -0.05) is 0 Å². The van der Waals surface area contributed by atoms with E-state index >= 15 is 0 Å². The molecule has 0 aromatic heterocycles. The van der Waals surface area contributed by atoms with Gasteiger partial charge in [-0.05, 0) is 38.0 Å². The van der Waals surface area contributed by atoms with Gasteiger partial charge in [0.1, 0.15) is 11.8 Å². The van der Waals surface area contributed by atoms with Gasteiger partial charge in [-0.25, -0.2) is 0 Å². The summed E-state index contributed by atoms with van der Waals surface area (Å²) >= 11 is 0. The average Bonchev–Trinajstić information content (AvgIpc) is 3.00. The van der Waals surface area contributed by atoms with Crippen molar-refractivity contribution in [2.24, 2.45) is 0 Å². The number of ether oxygens (including phenoxy) is 1. The lowest BCUT2D eigenvalue weighted by molar-refractivity contribution is -0.130. The topological polar surface area (TPSA) is 70.7 Å². The number of carbonyl (C=O) groups is 2. The maximum absolute atomic E-state index is 12.3. The third-order valence-electron chi connectivity index (χ3n) is 3.78. The number of carbonyl (C=O) groups excluding carboxylic acids is 2. The smallest absolute Gasteiger partial charge is 0.262 e. The molecule has 0 aliphatic carbocycles.